The fourth-order valence-corrected chi connectivity index (χ4v) is 3.62. The molecule has 1 aromatic carbocycles. The van der Waals surface area contributed by atoms with Gasteiger partial charge in [-0.15, -0.1) is 24.0 Å². The molecule has 0 aliphatic carbocycles. The maximum Gasteiger partial charge on any atom is 0.191 e. The zero-order chi connectivity index (χ0) is 22.6. The van der Waals surface area contributed by atoms with E-state index in [1.165, 1.54) is 0 Å². The zero-order valence-electron chi connectivity index (χ0n) is 19.8. The summed E-state index contributed by atoms with van der Waals surface area (Å²) in [5.41, 5.74) is 2.17. The molecule has 33 heavy (non-hydrogen) atoms. The minimum atomic E-state index is 0. The van der Waals surface area contributed by atoms with Crippen molar-refractivity contribution in [1.29, 1.82) is 0 Å². The Bertz CT molecular complexity index is 865. The number of guanidine groups is 1. The van der Waals surface area contributed by atoms with E-state index in [2.05, 4.69) is 64.0 Å². The number of anilines is 1. The fraction of sp³-hybridized carbons (Fsp3) is 0.440. The van der Waals surface area contributed by atoms with Gasteiger partial charge in [-0.2, -0.15) is 0 Å². The van der Waals surface area contributed by atoms with Gasteiger partial charge in [0.25, 0.3) is 0 Å². The molecule has 1 aliphatic rings. The Morgan fingerprint density at radius 2 is 1.91 bits per heavy atom. The van der Waals surface area contributed by atoms with Crippen molar-refractivity contribution >= 4 is 35.8 Å². The number of nitrogens with zero attached hydrogens (tertiary/aromatic N) is 4. The van der Waals surface area contributed by atoms with Gasteiger partial charge in [-0.05, 0) is 31.2 Å². The molecule has 2 heterocycles. The summed E-state index contributed by atoms with van der Waals surface area (Å²) in [6.45, 7) is 15.9. The lowest BCUT2D eigenvalue weighted by Gasteiger charge is -2.34. The Kier molecular flexibility index (Phi) is 12.0. The Balaban J connectivity index is 0.00000385. The van der Waals surface area contributed by atoms with E-state index in [1.54, 1.807) is 6.08 Å². The number of piperazine rings is 1. The second kappa shape index (κ2) is 14.7. The van der Waals surface area contributed by atoms with E-state index in [1.807, 2.05) is 24.4 Å². The third-order valence-electron chi connectivity index (χ3n) is 5.49. The number of para-hydroxylation sites is 1. The van der Waals surface area contributed by atoms with Gasteiger partial charge in [-0.1, -0.05) is 43.8 Å². The molecule has 2 aromatic rings. The minimum absolute atomic E-state index is 0. The second-order valence-electron chi connectivity index (χ2n) is 7.70. The monoisotopic (exact) mass is 564 g/mol. The number of halogens is 1. The lowest BCUT2D eigenvalue weighted by molar-refractivity contribution is 0.270. The highest BCUT2D eigenvalue weighted by atomic mass is 127. The molecule has 7 nitrogen and oxygen atoms in total. The molecule has 1 aromatic heterocycles. The van der Waals surface area contributed by atoms with Crippen LogP contribution in [0.5, 0.6) is 5.75 Å². The average molecular weight is 565 g/mol. The van der Waals surface area contributed by atoms with Crippen molar-refractivity contribution < 1.29 is 4.74 Å². The van der Waals surface area contributed by atoms with Gasteiger partial charge in [0.2, 0.25) is 0 Å². The molecule has 8 heteroatoms. The number of rotatable bonds is 10. The molecule has 1 aliphatic heterocycles. The van der Waals surface area contributed by atoms with Gasteiger partial charge >= 0.3 is 0 Å². The van der Waals surface area contributed by atoms with Gasteiger partial charge in [0, 0.05) is 51.0 Å². The minimum Gasteiger partial charge on any atom is -0.489 e. The quantitative estimate of drug-likeness (QED) is 0.199. The number of aromatic nitrogens is 1. The van der Waals surface area contributed by atoms with E-state index in [-0.39, 0.29) is 24.0 Å². The van der Waals surface area contributed by atoms with Crippen molar-refractivity contribution in [3.8, 4) is 5.75 Å². The predicted molar refractivity (Wildman–Crippen MR) is 148 cm³/mol. The molecule has 1 saturated heterocycles. The molecular formula is C25H37IN6O. The van der Waals surface area contributed by atoms with Crippen molar-refractivity contribution in [1.82, 2.24) is 20.5 Å². The summed E-state index contributed by atoms with van der Waals surface area (Å²) in [4.78, 5) is 14.2. The van der Waals surface area contributed by atoms with Crippen molar-refractivity contribution in [2.45, 2.75) is 26.9 Å². The number of hydrogen-bond donors (Lipinski definition) is 2. The number of aliphatic imine (C=N–C) groups is 1. The van der Waals surface area contributed by atoms with Crippen LogP contribution in [0.15, 0.2) is 60.2 Å². The molecule has 0 atom stereocenters. The number of benzene rings is 1. The molecule has 0 unspecified atom stereocenters. The molecule has 3 rings (SSSR count). The first-order valence-corrected chi connectivity index (χ1v) is 11.5. The number of likely N-dealkylation sites (N-methyl/N-ethyl adjacent to an activating group) is 1. The van der Waals surface area contributed by atoms with Crippen molar-refractivity contribution in [3.63, 3.8) is 0 Å². The summed E-state index contributed by atoms with van der Waals surface area (Å²) in [7, 11) is 0. The summed E-state index contributed by atoms with van der Waals surface area (Å²) in [5, 5.41) is 6.70. The van der Waals surface area contributed by atoms with Crippen LogP contribution in [0, 0.1) is 0 Å². The fourth-order valence-electron chi connectivity index (χ4n) is 3.62. The number of hydrogen-bond acceptors (Lipinski definition) is 5. The molecule has 0 amide bonds. The van der Waals surface area contributed by atoms with Gasteiger partial charge in [-0.3, -0.25) is 0 Å². The van der Waals surface area contributed by atoms with Gasteiger partial charge in [0.15, 0.2) is 5.96 Å². The normalized spacial score (nSPS) is 14.4. The van der Waals surface area contributed by atoms with E-state index >= 15 is 0 Å². The van der Waals surface area contributed by atoms with E-state index in [0.29, 0.717) is 19.7 Å². The zero-order valence-corrected chi connectivity index (χ0v) is 22.1. The largest absolute Gasteiger partial charge is 0.489 e. The van der Waals surface area contributed by atoms with Crippen LogP contribution in [0.25, 0.3) is 0 Å². The van der Waals surface area contributed by atoms with E-state index in [4.69, 9.17) is 9.73 Å². The van der Waals surface area contributed by atoms with Crippen LogP contribution in [0.3, 0.4) is 0 Å². The van der Waals surface area contributed by atoms with Crippen molar-refractivity contribution in [2.75, 3.05) is 50.8 Å². The SMILES string of the molecule is C=CCOc1ccccc1CNC(=NCc1ccc(N2CCN(CC)CC2)nc1)NCC.I. The Morgan fingerprint density at radius 1 is 1.12 bits per heavy atom. The van der Waals surface area contributed by atoms with Crippen LogP contribution in [0.1, 0.15) is 25.0 Å². The topological polar surface area (TPSA) is 65.0 Å². The summed E-state index contributed by atoms with van der Waals surface area (Å²) < 4.78 is 5.75. The van der Waals surface area contributed by atoms with Crippen LogP contribution in [0.4, 0.5) is 5.82 Å². The maximum atomic E-state index is 5.75. The van der Waals surface area contributed by atoms with Crippen LogP contribution < -0.4 is 20.3 Å². The molecule has 0 radical (unpaired) electrons. The lowest BCUT2D eigenvalue weighted by atomic mass is 10.2. The van der Waals surface area contributed by atoms with E-state index in [9.17, 15) is 0 Å². The smallest absolute Gasteiger partial charge is 0.191 e. The summed E-state index contributed by atoms with van der Waals surface area (Å²) >= 11 is 0. The van der Waals surface area contributed by atoms with Gasteiger partial charge in [-0.25, -0.2) is 9.98 Å². The van der Waals surface area contributed by atoms with Crippen LogP contribution >= 0.6 is 24.0 Å². The molecule has 0 bridgehead atoms. The first kappa shape index (κ1) is 26.9. The molecule has 0 saturated carbocycles. The lowest BCUT2D eigenvalue weighted by Crippen LogP contribution is -2.46. The Morgan fingerprint density at radius 3 is 2.58 bits per heavy atom. The molecular weight excluding hydrogens is 527 g/mol. The Hall–Kier alpha value is -2.33. The van der Waals surface area contributed by atoms with Crippen LogP contribution in [-0.4, -0.2) is 61.7 Å². The number of pyridine rings is 1. The number of ether oxygens (including phenoxy) is 1. The first-order valence-electron chi connectivity index (χ1n) is 11.5. The highest BCUT2D eigenvalue weighted by Crippen LogP contribution is 2.18. The van der Waals surface area contributed by atoms with Gasteiger partial charge in [0.05, 0.1) is 6.54 Å². The van der Waals surface area contributed by atoms with Gasteiger partial charge < -0.3 is 25.2 Å². The highest BCUT2D eigenvalue weighted by molar-refractivity contribution is 14.0. The van der Waals surface area contributed by atoms with Crippen LogP contribution in [-0.2, 0) is 13.1 Å². The van der Waals surface area contributed by atoms with Crippen molar-refractivity contribution in [2.24, 2.45) is 4.99 Å². The third kappa shape index (κ3) is 8.51. The Labute approximate surface area is 215 Å². The van der Waals surface area contributed by atoms with Crippen molar-refractivity contribution in [3.05, 3.63) is 66.4 Å². The molecule has 0 spiro atoms. The molecule has 1 fully saturated rings. The molecule has 180 valence electrons. The van der Waals surface area contributed by atoms with E-state index in [0.717, 1.165) is 67.9 Å². The van der Waals surface area contributed by atoms with Gasteiger partial charge in [0.1, 0.15) is 18.2 Å². The third-order valence-corrected chi connectivity index (χ3v) is 5.49. The highest BCUT2D eigenvalue weighted by Gasteiger charge is 2.16. The maximum absolute atomic E-state index is 5.75. The predicted octanol–water partition coefficient (Wildman–Crippen LogP) is 3.66. The molecule has 2 N–H and O–H groups in total. The summed E-state index contributed by atoms with van der Waals surface area (Å²) in [6, 6.07) is 12.2. The summed E-state index contributed by atoms with van der Waals surface area (Å²) in [6.07, 6.45) is 3.69. The van der Waals surface area contributed by atoms with Crippen LogP contribution in [0.2, 0.25) is 0 Å². The first-order chi connectivity index (χ1) is 15.7. The average Bonchev–Trinajstić information content (AvgIpc) is 2.85. The summed E-state index contributed by atoms with van der Waals surface area (Å²) in [5.74, 6) is 2.68. The van der Waals surface area contributed by atoms with E-state index < -0.39 is 0 Å². The standard InChI is InChI=1S/C25H36N6O.HI/c1-4-17-32-23-10-8-7-9-22(23)20-29-25(26-5-2)28-19-21-11-12-24(27-18-21)31-15-13-30(6-3)14-16-31;/h4,7-12,18H,1,5-6,13-17,19-20H2,2-3H3,(H2,26,28,29);1H. The second-order valence-corrected chi connectivity index (χ2v) is 7.70. The number of nitrogens with one attached hydrogen (secondary N) is 2.